The van der Waals surface area contributed by atoms with E-state index in [2.05, 4.69) is 10.3 Å². The van der Waals surface area contributed by atoms with Crippen LogP contribution in [0.4, 0.5) is 11.6 Å². The molecule has 35 heavy (non-hydrogen) atoms. The highest BCUT2D eigenvalue weighted by molar-refractivity contribution is 6.32. The SMILES string of the molecule is COC(=O)c1c(NCc2ccc(OC)c(Cl)c2)nc(-n2cccc2CO)nc1N1CCC(O)CC1. The summed E-state index contributed by atoms with van der Waals surface area (Å²) in [6.45, 7) is 1.16. The maximum absolute atomic E-state index is 12.9. The molecule has 0 radical (unpaired) electrons. The zero-order valence-corrected chi connectivity index (χ0v) is 20.3. The van der Waals surface area contributed by atoms with Gasteiger partial charge in [0.15, 0.2) is 5.82 Å². The quantitative estimate of drug-likeness (QED) is 0.400. The largest absolute Gasteiger partial charge is 0.495 e. The van der Waals surface area contributed by atoms with Crippen LogP contribution in [0.1, 0.15) is 34.5 Å². The Hall–Kier alpha value is -3.34. The number of methoxy groups -OCH3 is 2. The van der Waals surface area contributed by atoms with Gasteiger partial charge in [-0.2, -0.15) is 9.97 Å². The Bertz CT molecular complexity index is 1190. The zero-order chi connectivity index (χ0) is 24.9. The number of hydrogen-bond donors (Lipinski definition) is 3. The van der Waals surface area contributed by atoms with Gasteiger partial charge in [0.1, 0.15) is 17.1 Å². The van der Waals surface area contributed by atoms with E-state index in [1.807, 2.05) is 11.0 Å². The van der Waals surface area contributed by atoms with Crippen molar-refractivity contribution in [1.82, 2.24) is 14.5 Å². The minimum absolute atomic E-state index is 0.199. The predicted molar refractivity (Wildman–Crippen MR) is 131 cm³/mol. The number of nitrogens with one attached hydrogen (secondary N) is 1. The maximum Gasteiger partial charge on any atom is 0.345 e. The molecule has 0 bridgehead atoms. The normalized spacial score (nSPS) is 14.1. The number of rotatable bonds is 8. The van der Waals surface area contributed by atoms with Gasteiger partial charge in [-0.1, -0.05) is 17.7 Å². The number of aromatic nitrogens is 3. The van der Waals surface area contributed by atoms with Crippen LogP contribution in [0.5, 0.6) is 5.75 Å². The van der Waals surface area contributed by atoms with Gasteiger partial charge < -0.3 is 29.9 Å². The average Bonchev–Trinajstić information content (AvgIpc) is 3.36. The summed E-state index contributed by atoms with van der Waals surface area (Å²) in [4.78, 5) is 24.2. The van der Waals surface area contributed by atoms with Crippen LogP contribution in [0.3, 0.4) is 0 Å². The molecule has 1 aliphatic rings. The molecule has 0 spiro atoms. The Morgan fingerprint density at radius 1 is 1.23 bits per heavy atom. The molecule has 1 fully saturated rings. The Kier molecular flexibility index (Phi) is 7.74. The van der Waals surface area contributed by atoms with Gasteiger partial charge in [0.25, 0.3) is 0 Å². The van der Waals surface area contributed by atoms with Crippen molar-refractivity contribution in [3.05, 3.63) is 58.4 Å². The second-order valence-electron chi connectivity index (χ2n) is 8.13. The molecule has 3 heterocycles. The number of aliphatic hydroxyl groups is 2. The summed E-state index contributed by atoms with van der Waals surface area (Å²) < 4.78 is 12.0. The van der Waals surface area contributed by atoms with Crippen molar-refractivity contribution < 1.29 is 24.5 Å². The minimum Gasteiger partial charge on any atom is -0.495 e. The molecule has 1 aromatic carbocycles. The summed E-state index contributed by atoms with van der Waals surface area (Å²) in [5.74, 6) is 0.966. The van der Waals surface area contributed by atoms with Gasteiger partial charge in [-0.3, -0.25) is 4.57 Å². The lowest BCUT2D eigenvalue weighted by Gasteiger charge is -2.32. The maximum atomic E-state index is 12.9. The molecule has 10 nitrogen and oxygen atoms in total. The minimum atomic E-state index is -0.581. The van der Waals surface area contributed by atoms with E-state index in [0.717, 1.165) is 5.56 Å². The van der Waals surface area contributed by atoms with Gasteiger partial charge in [-0.25, -0.2) is 4.79 Å². The molecule has 0 aliphatic carbocycles. The zero-order valence-electron chi connectivity index (χ0n) is 19.6. The molecule has 1 aliphatic heterocycles. The van der Waals surface area contributed by atoms with E-state index in [1.54, 1.807) is 42.1 Å². The highest BCUT2D eigenvalue weighted by Gasteiger charge is 2.29. The number of piperidine rings is 1. The Morgan fingerprint density at radius 2 is 2.00 bits per heavy atom. The summed E-state index contributed by atoms with van der Waals surface area (Å²) in [7, 11) is 2.86. The van der Waals surface area contributed by atoms with Crippen LogP contribution in [-0.2, 0) is 17.9 Å². The average molecular weight is 502 g/mol. The second kappa shape index (κ2) is 10.9. The molecule has 4 rings (SSSR count). The van der Waals surface area contributed by atoms with Crippen LogP contribution in [0.15, 0.2) is 36.5 Å². The standard InChI is InChI=1S/C24H28ClN5O5/c1-34-19-6-5-15(12-18(19)25)13-26-21-20(23(33)35-2)22(29-10-7-17(32)8-11-29)28-24(27-21)30-9-3-4-16(30)14-31/h3-6,9,12,17,31-32H,7-8,10-11,13-14H2,1-2H3,(H,26,27,28). The molecular formula is C24H28ClN5O5. The predicted octanol–water partition coefficient (Wildman–Crippen LogP) is 2.78. The van der Waals surface area contributed by atoms with E-state index in [4.69, 9.17) is 26.1 Å². The summed E-state index contributed by atoms with van der Waals surface area (Å²) >= 11 is 6.27. The van der Waals surface area contributed by atoms with Gasteiger partial charge in [0.05, 0.1) is 37.6 Å². The van der Waals surface area contributed by atoms with E-state index in [0.29, 0.717) is 60.7 Å². The molecule has 1 saturated heterocycles. The number of aliphatic hydroxyl groups excluding tert-OH is 2. The smallest absolute Gasteiger partial charge is 0.345 e. The van der Waals surface area contributed by atoms with Gasteiger partial charge >= 0.3 is 5.97 Å². The lowest BCUT2D eigenvalue weighted by molar-refractivity contribution is 0.0601. The highest BCUT2D eigenvalue weighted by Crippen LogP contribution is 2.31. The second-order valence-corrected chi connectivity index (χ2v) is 8.54. The number of ether oxygens (including phenoxy) is 2. The van der Waals surface area contributed by atoms with Crippen molar-refractivity contribution in [2.24, 2.45) is 0 Å². The van der Waals surface area contributed by atoms with Crippen LogP contribution >= 0.6 is 11.6 Å². The van der Waals surface area contributed by atoms with Crippen LogP contribution in [-0.4, -0.2) is 64.1 Å². The number of anilines is 2. The summed E-state index contributed by atoms with van der Waals surface area (Å²) in [6.07, 6.45) is 2.46. The fourth-order valence-corrected chi connectivity index (χ4v) is 4.30. The van der Waals surface area contributed by atoms with Gasteiger partial charge in [0, 0.05) is 25.8 Å². The van der Waals surface area contributed by atoms with Crippen LogP contribution in [0, 0.1) is 0 Å². The molecule has 3 aromatic rings. The van der Waals surface area contributed by atoms with Gasteiger partial charge in [-0.05, 0) is 42.7 Å². The van der Waals surface area contributed by atoms with E-state index in [1.165, 1.54) is 7.11 Å². The van der Waals surface area contributed by atoms with E-state index in [9.17, 15) is 15.0 Å². The number of hydrogen-bond acceptors (Lipinski definition) is 9. The molecular weight excluding hydrogens is 474 g/mol. The van der Waals surface area contributed by atoms with E-state index in [-0.39, 0.29) is 18.0 Å². The topological polar surface area (TPSA) is 122 Å². The van der Waals surface area contributed by atoms with E-state index < -0.39 is 12.1 Å². The number of nitrogens with zero attached hydrogens (tertiary/aromatic N) is 4. The summed E-state index contributed by atoms with van der Waals surface area (Å²) in [5.41, 5.74) is 1.65. The number of halogens is 1. The van der Waals surface area contributed by atoms with Crippen molar-refractivity contribution in [3.63, 3.8) is 0 Å². The first-order chi connectivity index (χ1) is 16.9. The third-order valence-electron chi connectivity index (χ3n) is 5.92. The monoisotopic (exact) mass is 501 g/mol. The molecule has 3 N–H and O–H groups in total. The third-order valence-corrected chi connectivity index (χ3v) is 6.21. The Labute approximate surface area is 208 Å². The summed E-state index contributed by atoms with van der Waals surface area (Å²) in [5, 5.41) is 23.4. The van der Waals surface area contributed by atoms with Crippen molar-refractivity contribution in [2.45, 2.75) is 32.1 Å². The summed E-state index contributed by atoms with van der Waals surface area (Å²) in [6, 6.07) is 8.95. The lowest BCUT2D eigenvalue weighted by Crippen LogP contribution is -2.38. The van der Waals surface area contributed by atoms with Crippen molar-refractivity contribution in [3.8, 4) is 11.7 Å². The fraction of sp³-hybridized carbons (Fsp3) is 0.375. The molecule has 0 atom stereocenters. The van der Waals surface area contributed by atoms with Crippen LogP contribution in [0.2, 0.25) is 5.02 Å². The van der Waals surface area contributed by atoms with Gasteiger partial charge in [0.2, 0.25) is 5.95 Å². The third kappa shape index (κ3) is 5.34. The number of carbonyl (C=O) groups excluding carboxylic acids is 1. The molecule has 186 valence electrons. The van der Waals surface area contributed by atoms with Crippen molar-refractivity contribution >= 4 is 29.2 Å². The first-order valence-electron chi connectivity index (χ1n) is 11.2. The van der Waals surface area contributed by atoms with Crippen molar-refractivity contribution in [1.29, 1.82) is 0 Å². The Balaban J connectivity index is 1.78. The van der Waals surface area contributed by atoms with E-state index >= 15 is 0 Å². The van der Waals surface area contributed by atoms with Crippen LogP contribution in [0.25, 0.3) is 5.95 Å². The number of esters is 1. The lowest BCUT2D eigenvalue weighted by atomic mass is 10.1. The van der Waals surface area contributed by atoms with Gasteiger partial charge in [-0.15, -0.1) is 0 Å². The highest BCUT2D eigenvalue weighted by atomic mass is 35.5. The molecule has 2 aromatic heterocycles. The first kappa shape index (κ1) is 24.8. The van der Waals surface area contributed by atoms with Crippen molar-refractivity contribution in [2.75, 3.05) is 37.5 Å². The number of benzene rings is 1. The molecule has 11 heteroatoms. The Morgan fingerprint density at radius 3 is 2.66 bits per heavy atom. The van der Waals surface area contributed by atoms with Crippen LogP contribution < -0.4 is 15.0 Å². The number of carbonyl (C=O) groups is 1. The molecule has 0 unspecified atom stereocenters. The first-order valence-corrected chi connectivity index (χ1v) is 11.6. The molecule has 0 saturated carbocycles. The fourth-order valence-electron chi connectivity index (χ4n) is 4.02. The molecule has 0 amide bonds.